The van der Waals surface area contributed by atoms with E-state index >= 15 is 0 Å². The third-order valence-electron chi connectivity index (χ3n) is 5.39. The van der Waals surface area contributed by atoms with Gasteiger partial charge in [-0.25, -0.2) is 4.68 Å². The molecule has 1 saturated heterocycles. The topological polar surface area (TPSA) is 59.4 Å². The smallest absolute Gasteiger partial charge is 0.257 e. The molecular weight excluding hydrogens is 352 g/mol. The van der Waals surface area contributed by atoms with Gasteiger partial charge in [0.25, 0.3) is 5.91 Å². The van der Waals surface area contributed by atoms with E-state index in [-0.39, 0.29) is 18.2 Å². The molecule has 6 heteroatoms. The fourth-order valence-corrected chi connectivity index (χ4v) is 3.95. The number of nitrogens with zero attached hydrogens (tertiary/aromatic N) is 3. The average molecular weight is 374 g/mol. The van der Waals surface area contributed by atoms with Crippen molar-refractivity contribution in [1.82, 2.24) is 14.7 Å². The van der Waals surface area contributed by atoms with Crippen LogP contribution >= 0.6 is 0 Å². The maximum atomic E-state index is 13.3. The number of nitrogens with one attached hydrogen (secondary N) is 1. The molecule has 0 saturated carbocycles. The molecule has 2 aromatic carbocycles. The van der Waals surface area contributed by atoms with Gasteiger partial charge < -0.3 is 15.0 Å². The van der Waals surface area contributed by atoms with Crippen LogP contribution in [0.25, 0.3) is 5.69 Å². The Kier molecular flexibility index (Phi) is 4.33. The number of hydrogen-bond acceptors (Lipinski definition) is 4. The molecule has 0 radical (unpaired) electrons. The molecule has 3 heterocycles. The first-order valence-electron chi connectivity index (χ1n) is 9.68. The SMILES string of the molecule is O=C1c2ccccc2N[C@H](c2cnn(-c3ccccc3)c2)N1C[C@@H]1CCCO1. The second kappa shape index (κ2) is 7.13. The van der Waals surface area contributed by atoms with E-state index in [2.05, 4.69) is 10.4 Å². The highest BCUT2D eigenvalue weighted by molar-refractivity contribution is 6.01. The Morgan fingerprint density at radius 3 is 2.75 bits per heavy atom. The molecule has 1 N–H and O–H groups in total. The number of hydrogen-bond donors (Lipinski definition) is 1. The first-order chi connectivity index (χ1) is 13.8. The van der Waals surface area contributed by atoms with E-state index in [1.807, 2.05) is 76.6 Å². The lowest BCUT2D eigenvalue weighted by atomic mass is 10.0. The Morgan fingerprint density at radius 1 is 1.11 bits per heavy atom. The number of benzene rings is 2. The number of ether oxygens (including phenoxy) is 1. The van der Waals surface area contributed by atoms with E-state index in [1.165, 1.54) is 0 Å². The summed E-state index contributed by atoms with van der Waals surface area (Å²) < 4.78 is 7.65. The van der Waals surface area contributed by atoms with Gasteiger partial charge in [-0.05, 0) is 37.1 Å². The summed E-state index contributed by atoms with van der Waals surface area (Å²) in [7, 11) is 0. The van der Waals surface area contributed by atoms with Crippen LogP contribution in [-0.4, -0.2) is 39.8 Å². The fourth-order valence-electron chi connectivity index (χ4n) is 3.95. The zero-order valence-electron chi connectivity index (χ0n) is 15.5. The van der Waals surface area contributed by atoms with Crippen molar-refractivity contribution in [1.29, 1.82) is 0 Å². The first kappa shape index (κ1) is 17.0. The predicted octanol–water partition coefficient (Wildman–Crippen LogP) is 3.62. The zero-order chi connectivity index (χ0) is 18.9. The van der Waals surface area contributed by atoms with Crippen LogP contribution in [-0.2, 0) is 4.74 Å². The first-order valence-corrected chi connectivity index (χ1v) is 9.68. The number of anilines is 1. The highest BCUT2D eigenvalue weighted by atomic mass is 16.5. The lowest BCUT2D eigenvalue weighted by Gasteiger charge is -2.38. The molecule has 1 fully saturated rings. The minimum Gasteiger partial charge on any atom is -0.376 e. The number of fused-ring (bicyclic) bond motifs is 1. The third-order valence-corrected chi connectivity index (χ3v) is 5.39. The van der Waals surface area contributed by atoms with Gasteiger partial charge in [0.05, 0.1) is 23.6 Å². The molecule has 28 heavy (non-hydrogen) atoms. The summed E-state index contributed by atoms with van der Waals surface area (Å²) in [5.74, 6) is 0.0299. The van der Waals surface area contributed by atoms with Gasteiger partial charge in [-0.1, -0.05) is 30.3 Å². The summed E-state index contributed by atoms with van der Waals surface area (Å²) in [5.41, 5.74) is 3.49. The van der Waals surface area contributed by atoms with Crippen LogP contribution in [0, 0.1) is 0 Å². The highest BCUT2D eigenvalue weighted by Gasteiger charge is 2.35. The molecule has 0 aliphatic carbocycles. The fraction of sp³-hybridized carbons (Fsp3) is 0.273. The number of aromatic nitrogens is 2. The van der Waals surface area contributed by atoms with Gasteiger partial charge in [0.1, 0.15) is 6.17 Å². The van der Waals surface area contributed by atoms with Gasteiger partial charge in [-0.3, -0.25) is 4.79 Å². The van der Waals surface area contributed by atoms with Gasteiger partial charge in [-0.15, -0.1) is 0 Å². The summed E-state index contributed by atoms with van der Waals surface area (Å²) in [6, 6.07) is 17.6. The van der Waals surface area contributed by atoms with Crippen LogP contribution in [0.4, 0.5) is 5.69 Å². The van der Waals surface area contributed by atoms with Crippen LogP contribution in [0.1, 0.15) is 34.9 Å². The Bertz CT molecular complexity index is 979. The van der Waals surface area contributed by atoms with Crippen LogP contribution < -0.4 is 5.32 Å². The summed E-state index contributed by atoms with van der Waals surface area (Å²) >= 11 is 0. The number of carbonyl (C=O) groups is 1. The van der Waals surface area contributed by atoms with Gasteiger partial charge in [0.15, 0.2) is 0 Å². The zero-order valence-corrected chi connectivity index (χ0v) is 15.5. The number of rotatable bonds is 4. The molecule has 2 aliphatic heterocycles. The van der Waals surface area contributed by atoms with Crippen LogP contribution in [0.3, 0.4) is 0 Å². The molecule has 2 aliphatic rings. The molecule has 2 atom stereocenters. The Morgan fingerprint density at radius 2 is 1.93 bits per heavy atom. The maximum Gasteiger partial charge on any atom is 0.257 e. The summed E-state index contributed by atoms with van der Waals surface area (Å²) in [6.07, 6.45) is 5.66. The molecule has 6 nitrogen and oxygen atoms in total. The molecule has 1 amide bonds. The Balaban J connectivity index is 1.50. The van der Waals surface area contributed by atoms with Crippen molar-refractivity contribution in [3.8, 4) is 5.69 Å². The summed E-state index contributed by atoms with van der Waals surface area (Å²) in [5, 5.41) is 8.05. The van der Waals surface area contributed by atoms with Crippen LogP contribution in [0.2, 0.25) is 0 Å². The van der Waals surface area contributed by atoms with E-state index in [0.717, 1.165) is 36.4 Å². The van der Waals surface area contributed by atoms with E-state index in [4.69, 9.17) is 4.74 Å². The van der Waals surface area contributed by atoms with Crippen molar-refractivity contribution in [2.45, 2.75) is 25.1 Å². The Labute approximate surface area is 163 Å². The molecule has 0 bridgehead atoms. The van der Waals surface area contributed by atoms with Crippen LogP contribution in [0.5, 0.6) is 0 Å². The maximum absolute atomic E-state index is 13.3. The largest absolute Gasteiger partial charge is 0.376 e. The second-order valence-corrected chi connectivity index (χ2v) is 7.24. The molecule has 0 spiro atoms. The van der Waals surface area contributed by atoms with Crippen molar-refractivity contribution in [3.63, 3.8) is 0 Å². The normalized spacial score (nSPS) is 21.4. The number of carbonyl (C=O) groups excluding carboxylic acids is 1. The lowest BCUT2D eigenvalue weighted by Crippen LogP contribution is -2.46. The number of amides is 1. The second-order valence-electron chi connectivity index (χ2n) is 7.24. The minimum absolute atomic E-state index is 0.0299. The quantitative estimate of drug-likeness (QED) is 0.758. The highest BCUT2D eigenvalue weighted by Crippen LogP contribution is 2.34. The molecule has 0 unspecified atom stereocenters. The summed E-state index contributed by atoms with van der Waals surface area (Å²) in [6.45, 7) is 1.34. The van der Waals surface area contributed by atoms with E-state index in [9.17, 15) is 4.79 Å². The average Bonchev–Trinajstić information content (AvgIpc) is 3.43. The molecule has 5 rings (SSSR count). The van der Waals surface area contributed by atoms with Crippen molar-refractivity contribution in [2.75, 3.05) is 18.5 Å². The monoisotopic (exact) mass is 374 g/mol. The van der Waals surface area contributed by atoms with E-state index < -0.39 is 0 Å². The van der Waals surface area contributed by atoms with Gasteiger partial charge in [0, 0.05) is 30.6 Å². The van der Waals surface area contributed by atoms with E-state index in [0.29, 0.717) is 12.1 Å². The van der Waals surface area contributed by atoms with Crippen molar-refractivity contribution in [3.05, 3.63) is 78.1 Å². The Hall–Kier alpha value is -3.12. The van der Waals surface area contributed by atoms with Crippen molar-refractivity contribution >= 4 is 11.6 Å². The predicted molar refractivity (Wildman–Crippen MR) is 106 cm³/mol. The lowest BCUT2D eigenvalue weighted by molar-refractivity contribution is 0.0427. The van der Waals surface area contributed by atoms with E-state index in [1.54, 1.807) is 0 Å². The third kappa shape index (κ3) is 3.05. The molecule has 142 valence electrons. The van der Waals surface area contributed by atoms with Gasteiger partial charge in [0.2, 0.25) is 0 Å². The molecule has 3 aromatic rings. The van der Waals surface area contributed by atoms with Crippen LogP contribution in [0.15, 0.2) is 67.0 Å². The van der Waals surface area contributed by atoms with Crippen molar-refractivity contribution in [2.24, 2.45) is 0 Å². The number of para-hydroxylation sites is 2. The minimum atomic E-state index is -0.274. The molecular formula is C22H22N4O2. The standard InChI is InChI=1S/C22H22N4O2/c27-22-19-10-4-5-11-20(19)24-21(25(22)15-18-9-6-12-28-18)16-13-23-26(14-16)17-7-2-1-3-8-17/h1-5,7-8,10-11,13-14,18,21,24H,6,9,12,15H2/t18-,21-/m0/s1. The molecule has 1 aromatic heterocycles. The van der Waals surface area contributed by atoms with Gasteiger partial charge >= 0.3 is 0 Å². The van der Waals surface area contributed by atoms with Crippen molar-refractivity contribution < 1.29 is 9.53 Å². The van der Waals surface area contributed by atoms with Gasteiger partial charge in [-0.2, -0.15) is 5.10 Å². The summed E-state index contributed by atoms with van der Waals surface area (Å²) in [4.78, 5) is 15.1.